The molecule has 0 spiro atoms. The minimum Gasteiger partial charge on any atom is -0.356 e. The summed E-state index contributed by atoms with van der Waals surface area (Å²) < 4.78 is 0. The fraction of sp³-hybridized carbons (Fsp3) is 0.400. The fourth-order valence-corrected chi connectivity index (χ4v) is 4.38. The van der Waals surface area contributed by atoms with Gasteiger partial charge in [-0.1, -0.05) is 48.9 Å². The van der Waals surface area contributed by atoms with Gasteiger partial charge >= 0.3 is 0 Å². The van der Waals surface area contributed by atoms with E-state index in [4.69, 9.17) is 0 Å². The van der Waals surface area contributed by atoms with Crippen molar-refractivity contribution < 1.29 is 9.59 Å². The number of guanidine groups is 1. The number of carbonyl (C=O) groups excluding carboxylic acids is 2. The summed E-state index contributed by atoms with van der Waals surface area (Å²) in [5.41, 5.74) is 3.23. The number of hydrogen-bond donors (Lipinski definition) is 3. The summed E-state index contributed by atoms with van der Waals surface area (Å²) in [6, 6.07) is 18.2. The van der Waals surface area contributed by atoms with Gasteiger partial charge in [-0.2, -0.15) is 0 Å². The molecule has 176 valence electrons. The summed E-state index contributed by atoms with van der Waals surface area (Å²) in [5, 5.41) is 9.60. The van der Waals surface area contributed by atoms with Gasteiger partial charge in [0.1, 0.15) is 0 Å². The second kappa shape index (κ2) is 11.5. The second-order valence-electron chi connectivity index (χ2n) is 8.55. The molecule has 1 aliphatic heterocycles. The first kappa shape index (κ1) is 25.0. The molecule has 2 aromatic rings. The molecule has 3 N–H and O–H groups in total. The molecule has 1 saturated carbocycles. The number of amides is 2. The van der Waals surface area contributed by atoms with Crippen molar-refractivity contribution in [3.05, 3.63) is 71.3 Å². The Labute approximate surface area is 212 Å². The average molecular weight is 561 g/mol. The minimum absolute atomic E-state index is 0. The molecule has 4 rings (SSSR count). The maximum Gasteiger partial charge on any atom is 0.254 e. The molecule has 0 aromatic heterocycles. The van der Waals surface area contributed by atoms with E-state index in [1.165, 1.54) is 24.8 Å². The first-order valence-electron chi connectivity index (χ1n) is 11.2. The number of nitrogens with one attached hydrogen (secondary N) is 3. The normalized spacial score (nSPS) is 17.3. The van der Waals surface area contributed by atoms with Crippen LogP contribution in [0.2, 0.25) is 0 Å². The van der Waals surface area contributed by atoms with Crippen LogP contribution in [0.15, 0.2) is 59.6 Å². The van der Waals surface area contributed by atoms with Crippen molar-refractivity contribution in [2.24, 2.45) is 4.99 Å². The molecule has 0 radical (unpaired) electrons. The highest BCUT2D eigenvalue weighted by Crippen LogP contribution is 2.43. The smallest absolute Gasteiger partial charge is 0.254 e. The van der Waals surface area contributed by atoms with Gasteiger partial charge in [0.25, 0.3) is 5.91 Å². The quantitative estimate of drug-likeness (QED) is 0.288. The molecule has 0 atom stereocenters. The van der Waals surface area contributed by atoms with Crippen molar-refractivity contribution in [2.45, 2.75) is 31.2 Å². The van der Waals surface area contributed by atoms with Crippen molar-refractivity contribution in [1.82, 2.24) is 20.9 Å². The SMILES string of the molecule is CN=C(NCc1ccc(C(=O)N2CCNC(=O)C2)cc1)NCC1(c2ccccc2)CCC1.I. The van der Waals surface area contributed by atoms with E-state index in [0.717, 1.165) is 18.1 Å². The number of benzene rings is 2. The minimum atomic E-state index is -0.111. The molecule has 33 heavy (non-hydrogen) atoms. The van der Waals surface area contributed by atoms with Crippen LogP contribution in [-0.2, 0) is 16.8 Å². The van der Waals surface area contributed by atoms with Crippen LogP contribution >= 0.6 is 24.0 Å². The van der Waals surface area contributed by atoms with E-state index < -0.39 is 0 Å². The standard InChI is InChI=1S/C25H31N5O2.HI/c1-26-24(29-18-25(12-5-13-25)21-6-3-2-4-7-21)28-16-19-8-10-20(11-9-19)23(32)30-15-14-27-22(31)17-30;/h2-4,6-11H,5,12-18H2,1H3,(H,27,31)(H2,26,28,29);1H. The Bertz CT molecular complexity index is 974. The molecule has 2 aromatic carbocycles. The average Bonchev–Trinajstić information content (AvgIpc) is 2.81. The van der Waals surface area contributed by atoms with Gasteiger partial charge in [-0.05, 0) is 36.1 Å². The van der Waals surface area contributed by atoms with Gasteiger partial charge in [0.15, 0.2) is 5.96 Å². The van der Waals surface area contributed by atoms with Gasteiger partial charge in [-0.3, -0.25) is 14.6 Å². The fourth-order valence-electron chi connectivity index (χ4n) is 4.38. The number of hydrogen-bond acceptors (Lipinski definition) is 3. The van der Waals surface area contributed by atoms with Crippen molar-refractivity contribution >= 4 is 41.8 Å². The van der Waals surface area contributed by atoms with E-state index in [1.807, 2.05) is 24.3 Å². The number of aliphatic imine (C=N–C) groups is 1. The van der Waals surface area contributed by atoms with Crippen molar-refractivity contribution in [2.75, 3.05) is 33.2 Å². The molecule has 1 heterocycles. The lowest BCUT2D eigenvalue weighted by atomic mass is 9.64. The van der Waals surface area contributed by atoms with Crippen LogP contribution in [0.5, 0.6) is 0 Å². The summed E-state index contributed by atoms with van der Waals surface area (Å²) >= 11 is 0. The van der Waals surface area contributed by atoms with Crippen molar-refractivity contribution in [1.29, 1.82) is 0 Å². The van der Waals surface area contributed by atoms with Crippen LogP contribution in [0.25, 0.3) is 0 Å². The molecular weight excluding hydrogens is 529 g/mol. The van der Waals surface area contributed by atoms with E-state index in [9.17, 15) is 9.59 Å². The monoisotopic (exact) mass is 561 g/mol. The van der Waals surface area contributed by atoms with Crippen LogP contribution in [0.3, 0.4) is 0 Å². The Morgan fingerprint density at radius 3 is 2.42 bits per heavy atom. The first-order valence-corrected chi connectivity index (χ1v) is 11.2. The Balaban J connectivity index is 0.00000306. The van der Waals surface area contributed by atoms with Gasteiger partial charge in [0, 0.05) is 44.2 Å². The molecule has 0 bridgehead atoms. The van der Waals surface area contributed by atoms with Crippen molar-refractivity contribution in [3.8, 4) is 0 Å². The number of piperazine rings is 1. The van der Waals surface area contributed by atoms with Crippen molar-refractivity contribution in [3.63, 3.8) is 0 Å². The molecule has 2 fully saturated rings. The van der Waals surface area contributed by atoms with Crippen LogP contribution in [0.1, 0.15) is 40.7 Å². The van der Waals surface area contributed by atoms with E-state index in [-0.39, 0.29) is 47.8 Å². The lowest BCUT2D eigenvalue weighted by Crippen LogP contribution is -2.49. The number of nitrogens with zero attached hydrogens (tertiary/aromatic N) is 2. The third kappa shape index (κ3) is 6.04. The molecule has 8 heteroatoms. The van der Waals surface area contributed by atoms with E-state index in [2.05, 4.69) is 51.3 Å². The number of carbonyl (C=O) groups is 2. The molecular formula is C25H32IN5O2. The van der Waals surface area contributed by atoms with Gasteiger partial charge < -0.3 is 20.9 Å². The predicted octanol–water partition coefficient (Wildman–Crippen LogP) is 2.66. The van der Waals surface area contributed by atoms with E-state index >= 15 is 0 Å². The molecule has 1 aliphatic carbocycles. The first-order chi connectivity index (χ1) is 15.6. The summed E-state index contributed by atoms with van der Waals surface area (Å²) in [4.78, 5) is 30.1. The Kier molecular flexibility index (Phi) is 8.71. The summed E-state index contributed by atoms with van der Waals surface area (Å²) in [6.45, 7) is 2.63. The van der Waals surface area contributed by atoms with Gasteiger partial charge in [-0.25, -0.2) is 0 Å². The van der Waals surface area contributed by atoms with Crippen LogP contribution in [0.4, 0.5) is 0 Å². The maximum absolute atomic E-state index is 12.6. The van der Waals surface area contributed by atoms with E-state index in [1.54, 1.807) is 11.9 Å². The number of halogens is 1. The molecule has 2 aliphatic rings. The lowest BCUT2D eigenvalue weighted by Gasteiger charge is -2.43. The molecule has 1 saturated heterocycles. The molecule has 7 nitrogen and oxygen atoms in total. The van der Waals surface area contributed by atoms with Gasteiger partial charge in [0.05, 0.1) is 6.54 Å². The summed E-state index contributed by atoms with van der Waals surface area (Å²) in [6.07, 6.45) is 3.64. The zero-order valence-electron chi connectivity index (χ0n) is 19.0. The van der Waals surface area contributed by atoms with E-state index in [0.29, 0.717) is 25.2 Å². The Morgan fingerprint density at radius 1 is 1.09 bits per heavy atom. The highest BCUT2D eigenvalue weighted by atomic mass is 127. The van der Waals surface area contributed by atoms with Crippen LogP contribution < -0.4 is 16.0 Å². The number of rotatable bonds is 6. The zero-order chi connectivity index (χ0) is 22.4. The summed E-state index contributed by atoms with van der Waals surface area (Å²) in [7, 11) is 1.78. The third-order valence-electron chi connectivity index (χ3n) is 6.50. The second-order valence-corrected chi connectivity index (χ2v) is 8.55. The lowest BCUT2D eigenvalue weighted by molar-refractivity contribution is -0.123. The maximum atomic E-state index is 12.6. The van der Waals surface area contributed by atoms with Crippen LogP contribution in [-0.4, -0.2) is 55.9 Å². The Morgan fingerprint density at radius 2 is 1.82 bits per heavy atom. The zero-order valence-corrected chi connectivity index (χ0v) is 21.3. The Hall–Kier alpha value is -2.62. The van der Waals surface area contributed by atoms with Gasteiger partial charge in [0.2, 0.25) is 5.91 Å². The highest BCUT2D eigenvalue weighted by molar-refractivity contribution is 14.0. The summed E-state index contributed by atoms with van der Waals surface area (Å²) in [5.74, 6) is 0.551. The largest absolute Gasteiger partial charge is 0.356 e. The molecule has 2 amide bonds. The topological polar surface area (TPSA) is 85.8 Å². The van der Waals surface area contributed by atoms with Gasteiger partial charge in [-0.15, -0.1) is 24.0 Å². The predicted molar refractivity (Wildman–Crippen MR) is 141 cm³/mol. The highest BCUT2D eigenvalue weighted by Gasteiger charge is 2.38. The third-order valence-corrected chi connectivity index (χ3v) is 6.50. The van der Waals surface area contributed by atoms with Crippen LogP contribution in [0, 0.1) is 0 Å². The molecule has 0 unspecified atom stereocenters.